The fourth-order valence-electron chi connectivity index (χ4n) is 1.71. The van der Waals surface area contributed by atoms with Crippen LogP contribution in [0.15, 0.2) is 18.2 Å². The van der Waals surface area contributed by atoms with Crippen molar-refractivity contribution in [2.75, 3.05) is 11.1 Å². The Hall–Kier alpha value is -2.24. The molecule has 0 saturated heterocycles. The van der Waals surface area contributed by atoms with Crippen molar-refractivity contribution in [1.29, 1.82) is 0 Å². The number of carboxylic acids is 1. The molecule has 0 unspecified atom stereocenters. The molecule has 0 atom stereocenters. The smallest absolute Gasteiger partial charge is 0.335 e. The molecule has 1 fully saturated rings. The van der Waals surface area contributed by atoms with Crippen LogP contribution in [0.4, 0.5) is 16.2 Å². The zero-order chi connectivity index (χ0) is 13.1. The normalized spacial score (nSPS) is 14.7. The molecule has 0 radical (unpaired) electrons. The number of amides is 2. The standard InChI is InChI=1S/C12H15N3O3/c13-9-6-7(11(16)17)4-5-10(9)15-12(18)14-8-2-1-3-8/h4-6,8H,1-3,13H2,(H,16,17)(H2,14,15,18). The van der Waals surface area contributed by atoms with Crippen LogP contribution in [0.5, 0.6) is 0 Å². The first kappa shape index (κ1) is 12.2. The van der Waals surface area contributed by atoms with Crippen molar-refractivity contribution in [1.82, 2.24) is 5.32 Å². The van der Waals surface area contributed by atoms with Gasteiger partial charge in [-0.1, -0.05) is 0 Å². The van der Waals surface area contributed by atoms with Crippen molar-refractivity contribution >= 4 is 23.4 Å². The van der Waals surface area contributed by atoms with Gasteiger partial charge in [0.25, 0.3) is 0 Å². The highest BCUT2D eigenvalue weighted by atomic mass is 16.4. The molecule has 1 aliphatic carbocycles. The first-order chi connectivity index (χ1) is 8.56. The molecule has 1 aromatic carbocycles. The van der Waals surface area contributed by atoms with E-state index in [9.17, 15) is 9.59 Å². The number of carbonyl (C=O) groups is 2. The minimum Gasteiger partial charge on any atom is -0.478 e. The van der Waals surface area contributed by atoms with Gasteiger partial charge in [0, 0.05) is 6.04 Å². The van der Waals surface area contributed by atoms with Crippen LogP contribution in [0.3, 0.4) is 0 Å². The largest absolute Gasteiger partial charge is 0.478 e. The molecule has 5 N–H and O–H groups in total. The second-order valence-corrected chi connectivity index (χ2v) is 4.33. The van der Waals surface area contributed by atoms with Crippen LogP contribution >= 0.6 is 0 Å². The number of rotatable bonds is 3. The van der Waals surface area contributed by atoms with Crippen LogP contribution in [-0.2, 0) is 0 Å². The fourth-order valence-corrected chi connectivity index (χ4v) is 1.71. The third-order valence-corrected chi connectivity index (χ3v) is 2.99. The van der Waals surface area contributed by atoms with E-state index >= 15 is 0 Å². The first-order valence-electron chi connectivity index (χ1n) is 5.76. The van der Waals surface area contributed by atoms with Crippen LogP contribution in [0.1, 0.15) is 29.6 Å². The van der Waals surface area contributed by atoms with Gasteiger partial charge in [-0.25, -0.2) is 9.59 Å². The van der Waals surface area contributed by atoms with Crippen LogP contribution in [0.25, 0.3) is 0 Å². The Morgan fingerprint density at radius 2 is 2.06 bits per heavy atom. The number of hydrogen-bond donors (Lipinski definition) is 4. The summed E-state index contributed by atoms with van der Waals surface area (Å²) in [5, 5.41) is 14.2. The van der Waals surface area contributed by atoms with Crippen molar-refractivity contribution in [2.24, 2.45) is 0 Å². The minimum atomic E-state index is -1.05. The predicted molar refractivity (Wildman–Crippen MR) is 67.6 cm³/mol. The summed E-state index contributed by atoms with van der Waals surface area (Å²) < 4.78 is 0. The number of benzene rings is 1. The SMILES string of the molecule is Nc1cc(C(=O)O)ccc1NC(=O)NC1CCC1. The maximum atomic E-state index is 11.6. The minimum absolute atomic E-state index is 0.0949. The molecule has 0 aliphatic heterocycles. The van der Waals surface area contributed by atoms with E-state index < -0.39 is 5.97 Å². The van der Waals surface area contributed by atoms with Crippen LogP contribution < -0.4 is 16.4 Å². The summed E-state index contributed by atoms with van der Waals surface area (Å²) in [6.45, 7) is 0. The summed E-state index contributed by atoms with van der Waals surface area (Å²) in [6.07, 6.45) is 3.14. The molecule has 96 valence electrons. The van der Waals surface area contributed by atoms with Gasteiger partial charge in [-0.05, 0) is 37.5 Å². The van der Waals surface area contributed by atoms with Gasteiger partial charge >= 0.3 is 12.0 Å². The van der Waals surface area contributed by atoms with Crippen molar-refractivity contribution < 1.29 is 14.7 Å². The maximum Gasteiger partial charge on any atom is 0.335 e. The molecule has 18 heavy (non-hydrogen) atoms. The highest BCUT2D eigenvalue weighted by Gasteiger charge is 2.19. The topological polar surface area (TPSA) is 104 Å². The number of nitrogens with one attached hydrogen (secondary N) is 2. The van der Waals surface area contributed by atoms with E-state index in [1.807, 2.05) is 0 Å². The molecule has 6 heteroatoms. The molecular weight excluding hydrogens is 234 g/mol. The molecular formula is C12H15N3O3. The van der Waals surface area contributed by atoms with Gasteiger partial charge in [-0.2, -0.15) is 0 Å². The molecule has 1 saturated carbocycles. The number of nitrogens with two attached hydrogens (primary N) is 1. The Labute approximate surface area is 104 Å². The average Bonchev–Trinajstić information content (AvgIpc) is 2.26. The molecule has 6 nitrogen and oxygen atoms in total. The van der Waals surface area contributed by atoms with E-state index in [2.05, 4.69) is 10.6 Å². The lowest BCUT2D eigenvalue weighted by atomic mass is 9.93. The highest BCUT2D eigenvalue weighted by Crippen LogP contribution is 2.21. The van der Waals surface area contributed by atoms with Gasteiger partial charge in [0.1, 0.15) is 0 Å². The third-order valence-electron chi connectivity index (χ3n) is 2.99. The summed E-state index contributed by atoms with van der Waals surface area (Å²) in [7, 11) is 0. The van der Waals surface area contributed by atoms with E-state index in [1.54, 1.807) is 0 Å². The van der Waals surface area contributed by atoms with E-state index in [-0.39, 0.29) is 23.3 Å². The molecule has 0 aromatic heterocycles. The Balaban J connectivity index is 2.00. The number of aromatic carboxylic acids is 1. The number of anilines is 2. The molecule has 0 bridgehead atoms. The maximum absolute atomic E-state index is 11.6. The Morgan fingerprint density at radius 3 is 2.56 bits per heavy atom. The summed E-state index contributed by atoms with van der Waals surface area (Å²) >= 11 is 0. The Kier molecular flexibility index (Phi) is 3.36. The van der Waals surface area contributed by atoms with E-state index in [4.69, 9.17) is 10.8 Å². The second-order valence-electron chi connectivity index (χ2n) is 4.33. The molecule has 1 aliphatic rings. The lowest BCUT2D eigenvalue weighted by Crippen LogP contribution is -2.41. The second kappa shape index (κ2) is 4.95. The number of nitrogen functional groups attached to an aromatic ring is 1. The van der Waals surface area contributed by atoms with Crippen molar-refractivity contribution in [3.05, 3.63) is 23.8 Å². The van der Waals surface area contributed by atoms with Gasteiger partial charge < -0.3 is 21.5 Å². The zero-order valence-corrected chi connectivity index (χ0v) is 9.77. The van der Waals surface area contributed by atoms with Gasteiger partial charge in [0.15, 0.2) is 0 Å². The van der Waals surface area contributed by atoms with E-state index in [1.165, 1.54) is 18.2 Å². The number of urea groups is 1. The van der Waals surface area contributed by atoms with E-state index in [0.29, 0.717) is 5.69 Å². The lowest BCUT2D eigenvalue weighted by Gasteiger charge is -2.26. The average molecular weight is 249 g/mol. The summed E-state index contributed by atoms with van der Waals surface area (Å²) in [4.78, 5) is 22.3. The number of carbonyl (C=O) groups excluding carboxylic acids is 1. The third kappa shape index (κ3) is 2.71. The molecule has 1 aromatic rings. The van der Waals surface area contributed by atoms with Crippen molar-refractivity contribution in [2.45, 2.75) is 25.3 Å². The first-order valence-corrected chi connectivity index (χ1v) is 5.76. The van der Waals surface area contributed by atoms with Crippen molar-refractivity contribution in [3.8, 4) is 0 Å². The Bertz CT molecular complexity index is 483. The molecule has 0 heterocycles. The van der Waals surface area contributed by atoms with Crippen LogP contribution in [0.2, 0.25) is 0 Å². The lowest BCUT2D eigenvalue weighted by molar-refractivity contribution is 0.0697. The van der Waals surface area contributed by atoms with E-state index in [0.717, 1.165) is 19.3 Å². The van der Waals surface area contributed by atoms with Gasteiger partial charge in [-0.15, -0.1) is 0 Å². The van der Waals surface area contributed by atoms with Crippen molar-refractivity contribution in [3.63, 3.8) is 0 Å². The molecule has 0 spiro atoms. The quantitative estimate of drug-likeness (QED) is 0.611. The predicted octanol–water partition coefficient (Wildman–Crippen LogP) is 1.64. The van der Waals surface area contributed by atoms with Crippen LogP contribution in [-0.4, -0.2) is 23.1 Å². The van der Waals surface area contributed by atoms with Gasteiger partial charge in [-0.3, -0.25) is 0 Å². The fraction of sp³-hybridized carbons (Fsp3) is 0.333. The van der Waals surface area contributed by atoms with Gasteiger partial charge in [0.05, 0.1) is 16.9 Å². The number of carboxylic acid groups (broad SMARTS) is 1. The summed E-state index contributed by atoms with van der Waals surface area (Å²) in [5.41, 5.74) is 6.42. The van der Waals surface area contributed by atoms with Crippen LogP contribution in [0, 0.1) is 0 Å². The summed E-state index contributed by atoms with van der Waals surface area (Å²) in [5.74, 6) is -1.05. The number of hydrogen-bond acceptors (Lipinski definition) is 3. The summed E-state index contributed by atoms with van der Waals surface area (Å²) in [6, 6.07) is 4.14. The monoisotopic (exact) mass is 249 g/mol. The molecule has 2 rings (SSSR count). The Morgan fingerprint density at radius 1 is 1.33 bits per heavy atom. The highest BCUT2D eigenvalue weighted by molar-refractivity contribution is 5.95. The van der Waals surface area contributed by atoms with Gasteiger partial charge in [0.2, 0.25) is 0 Å². The zero-order valence-electron chi connectivity index (χ0n) is 9.77. The molecule has 2 amide bonds.